The van der Waals surface area contributed by atoms with Crippen LogP contribution in [0, 0.1) is 0 Å². The van der Waals surface area contributed by atoms with Crippen LogP contribution >= 0.6 is 7.82 Å². The number of nitrogens with one attached hydrogen (secondary N) is 1. The lowest BCUT2D eigenvalue weighted by molar-refractivity contribution is -0.870. The summed E-state index contributed by atoms with van der Waals surface area (Å²) in [7, 11) is 1.23. The van der Waals surface area contributed by atoms with E-state index in [2.05, 4.69) is 92.1 Å². The standard InChI is InChI=1S/C55H99N2O6P/c1-6-8-10-12-14-16-18-20-22-23-24-25-26-27-28-29-30-31-32-33-35-37-39-41-43-45-47-49-55(59)56-53(52-63-64(60,61)62-51-50-57(3,4)5)54(58)48-46-44-42-40-38-36-34-21-19-17-15-13-11-9-7-2/h8,10,14,16,20,22,24-25,27-28,38,40,46,48,53-54,58H,6-7,9,11-13,15,17-19,21,23,26,29-37,39,41-45,47,49-52H2,1-5H3,(H-,56,59,60,61)/b10-8-,16-14-,22-20-,25-24-,28-27-,40-38+,48-46+. The Balaban J connectivity index is 4.28. The minimum atomic E-state index is -4.60. The van der Waals surface area contributed by atoms with Gasteiger partial charge in [0.2, 0.25) is 5.91 Å². The van der Waals surface area contributed by atoms with Gasteiger partial charge in [-0.3, -0.25) is 9.36 Å². The van der Waals surface area contributed by atoms with Gasteiger partial charge >= 0.3 is 0 Å². The number of phosphoric acid groups is 1. The smallest absolute Gasteiger partial charge is 0.268 e. The highest BCUT2D eigenvalue weighted by Crippen LogP contribution is 2.38. The normalized spacial score (nSPS) is 14.8. The second kappa shape index (κ2) is 45.8. The van der Waals surface area contributed by atoms with Gasteiger partial charge in [-0.2, -0.15) is 0 Å². The van der Waals surface area contributed by atoms with Crippen LogP contribution in [0.4, 0.5) is 0 Å². The molecular formula is C55H99N2O6P. The monoisotopic (exact) mass is 915 g/mol. The van der Waals surface area contributed by atoms with E-state index >= 15 is 0 Å². The van der Waals surface area contributed by atoms with Crippen molar-refractivity contribution in [2.45, 2.75) is 219 Å². The SMILES string of the molecule is CC/C=C\C/C=C\C/C=C\C/C=C\C/C=C\CCCCCCCCCCCCCC(=O)NC(COP(=O)([O-])OCC[N+](C)(C)C)C(O)/C=C/CC/C=C/CCCCCCCCCCC. The highest BCUT2D eigenvalue weighted by molar-refractivity contribution is 7.45. The van der Waals surface area contributed by atoms with Crippen LogP contribution < -0.4 is 10.2 Å². The van der Waals surface area contributed by atoms with Gasteiger partial charge in [-0.1, -0.05) is 208 Å². The van der Waals surface area contributed by atoms with Crippen molar-refractivity contribution in [1.82, 2.24) is 5.32 Å². The number of nitrogens with zero attached hydrogens (tertiary/aromatic N) is 1. The van der Waals surface area contributed by atoms with Crippen LogP contribution in [0.15, 0.2) is 85.1 Å². The first kappa shape index (κ1) is 61.7. The van der Waals surface area contributed by atoms with Crippen LogP contribution in [-0.4, -0.2) is 68.5 Å². The molecule has 0 heterocycles. The first-order valence-corrected chi connectivity index (χ1v) is 27.4. The maximum Gasteiger partial charge on any atom is 0.268 e. The number of likely N-dealkylation sites (N-methyl/N-ethyl adjacent to an activating group) is 1. The average molecular weight is 915 g/mol. The Morgan fingerprint density at radius 3 is 1.45 bits per heavy atom. The Kier molecular flexibility index (Phi) is 44.2. The van der Waals surface area contributed by atoms with Crippen molar-refractivity contribution in [2.24, 2.45) is 0 Å². The predicted octanol–water partition coefficient (Wildman–Crippen LogP) is 14.7. The number of hydrogen-bond donors (Lipinski definition) is 2. The van der Waals surface area contributed by atoms with Gasteiger partial charge in [-0.15, -0.1) is 0 Å². The quantitative estimate of drug-likeness (QED) is 0.0273. The first-order valence-electron chi connectivity index (χ1n) is 25.9. The summed E-state index contributed by atoms with van der Waals surface area (Å²) in [6.07, 6.45) is 63.6. The van der Waals surface area contributed by atoms with E-state index in [0.717, 1.165) is 70.6 Å². The van der Waals surface area contributed by atoms with Gasteiger partial charge in [0, 0.05) is 6.42 Å². The number of unbranched alkanes of at least 4 members (excludes halogenated alkanes) is 21. The van der Waals surface area contributed by atoms with Crippen molar-refractivity contribution in [1.29, 1.82) is 0 Å². The maximum absolute atomic E-state index is 12.9. The summed E-state index contributed by atoms with van der Waals surface area (Å²) in [4.78, 5) is 25.4. The first-order chi connectivity index (χ1) is 31.0. The third-order valence-corrected chi connectivity index (χ3v) is 12.1. The third-order valence-electron chi connectivity index (χ3n) is 11.1. The van der Waals surface area contributed by atoms with E-state index in [1.165, 1.54) is 116 Å². The third kappa shape index (κ3) is 47.6. The van der Waals surface area contributed by atoms with Gasteiger partial charge in [-0.25, -0.2) is 0 Å². The molecule has 0 aromatic carbocycles. The Bertz CT molecular complexity index is 1310. The molecule has 0 aromatic heterocycles. The fourth-order valence-corrected chi connectivity index (χ4v) is 7.74. The Hall–Kier alpha value is -2.32. The largest absolute Gasteiger partial charge is 0.756 e. The molecule has 1 amide bonds. The molecule has 370 valence electrons. The van der Waals surface area contributed by atoms with Crippen molar-refractivity contribution in [3.8, 4) is 0 Å². The summed E-state index contributed by atoms with van der Waals surface area (Å²) >= 11 is 0. The van der Waals surface area contributed by atoms with Crippen molar-refractivity contribution in [3.63, 3.8) is 0 Å². The van der Waals surface area contributed by atoms with Gasteiger partial charge in [0.25, 0.3) is 7.82 Å². The van der Waals surface area contributed by atoms with Gasteiger partial charge < -0.3 is 28.8 Å². The molecule has 3 atom stereocenters. The second-order valence-electron chi connectivity index (χ2n) is 18.5. The van der Waals surface area contributed by atoms with Crippen molar-refractivity contribution < 1.29 is 32.9 Å². The van der Waals surface area contributed by atoms with Crippen LogP contribution in [0.5, 0.6) is 0 Å². The zero-order chi connectivity index (χ0) is 47.1. The highest BCUT2D eigenvalue weighted by Gasteiger charge is 2.23. The van der Waals surface area contributed by atoms with Gasteiger partial charge in [0.1, 0.15) is 13.2 Å². The van der Waals surface area contributed by atoms with Crippen LogP contribution in [0.3, 0.4) is 0 Å². The number of rotatable bonds is 46. The minimum Gasteiger partial charge on any atom is -0.756 e. The van der Waals surface area contributed by atoms with Crippen LogP contribution in [0.25, 0.3) is 0 Å². The Morgan fingerprint density at radius 2 is 0.969 bits per heavy atom. The molecule has 64 heavy (non-hydrogen) atoms. The van der Waals surface area contributed by atoms with E-state index < -0.39 is 26.6 Å². The topological polar surface area (TPSA) is 108 Å². The van der Waals surface area contributed by atoms with Crippen LogP contribution in [0.2, 0.25) is 0 Å². The lowest BCUT2D eigenvalue weighted by Crippen LogP contribution is -2.45. The minimum absolute atomic E-state index is 0.0105. The Labute approximate surface area is 395 Å². The number of phosphoric ester groups is 1. The molecule has 0 aromatic rings. The molecule has 0 spiro atoms. The second-order valence-corrected chi connectivity index (χ2v) is 19.9. The van der Waals surface area contributed by atoms with Gasteiger partial charge in [-0.05, 0) is 77.0 Å². The number of quaternary nitrogens is 1. The van der Waals surface area contributed by atoms with E-state index in [0.29, 0.717) is 17.4 Å². The summed E-state index contributed by atoms with van der Waals surface area (Å²) in [6.45, 7) is 4.50. The van der Waals surface area contributed by atoms with Crippen LogP contribution in [0.1, 0.15) is 206 Å². The number of aliphatic hydroxyl groups is 1. The molecule has 0 saturated carbocycles. The number of hydrogen-bond acceptors (Lipinski definition) is 6. The molecule has 0 rings (SSSR count). The van der Waals surface area contributed by atoms with Crippen LogP contribution in [-0.2, 0) is 18.4 Å². The fraction of sp³-hybridized carbons (Fsp3) is 0.727. The number of aliphatic hydroxyl groups excluding tert-OH is 1. The lowest BCUT2D eigenvalue weighted by atomic mass is 10.0. The molecule has 2 N–H and O–H groups in total. The van der Waals surface area contributed by atoms with Crippen molar-refractivity contribution >= 4 is 13.7 Å². The predicted molar refractivity (Wildman–Crippen MR) is 274 cm³/mol. The van der Waals surface area contributed by atoms with Crippen molar-refractivity contribution in [3.05, 3.63) is 85.1 Å². The zero-order valence-corrected chi connectivity index (χ0v) is 42.8. The average Bonchev–Trinajstić information content (AvgIpc) is 3.25. The van der Waals surface area contributed by atoms with Crippen molar-refractivity contribution in [2.75, 3.05) is 40.9 Å². The summed E-state index contributed by atoms with van der Waals surface area (Å²) in [5.74, 6) is -0.214. The molecule has 0 fully saturated rings. The molecule has 0 bridgehead atoms. The number of carbonyl (C=O) groups excluding carboxylic acids is 1. The Morgan fingerprint density at radius 1 is 0.562 bits per heavy atom. The zero-order valence-electron chi connectivity index (χ0n) is 42.0. The maximum atomic E-state index is 12.9. The molecule has 0 aliphatic carbocycles. The van der Waals surface area contributed by atoms with E-state index in [1.807, 2.05) is 27.2 Å². The summed E-state index contributed by atoms with van der Waals surface area (Å²) in [5, 5.41) is 13.8. The number of carbonyl (C=O) groups is 1. The molecule has 3 unspecified atom stereocenters. The summed E-state index contributed by atoms with van der Waals surface area (Å²) in [6, 6.07) is -0.909. The molecule has 8 nitrogen and oxygen atoms in total. The van der Waals surface area contributed by atoms with E-state index in [9.17, 15) is 19.4 Å². The molecular weight excluding hydrogens is 816 g/mol. The lowest BCUT2D eigenvalue weighted by Gasteiger charge is -2.29. The summed E-state index contributed by atoms with van der Waals surface area (Å²) in [5.41, 5.74) is 0. The molecule has 0 aliphatic rings. The summed E-state index contributed by atoms with van der Waals surface area (Å²) < 4.78 is 23.3. The van der Waals surface area contributed by atoms with Gasteiger partial charge in [0.05, 0.1) is 39.9 Å². The van der Waals surface area contributed by atoms with E-state index in [-0.39, 0.29) is 12.5 Å². The molecule has 0 radical (unpaired) electrons. The number of allylic oxidation sites excluding steroid dienone is 13. The van der Waals surface area contributed by atoms with Gasteiger partial charge in [0.15, 0.2) is 0 Å². The van der Waals surface area contributed by atoms with E-state index in [1.54, 1.807) is 6.08 Å². The molecule has 0 saturated heterocycles. The fourth-order valence-electron chi connectivity index (χ4n) is 7.02. The van der Waals surface area contributed by atoms with E-state index in [4.69, 9.17) is 9.05 Å². The number of amides is 1. The highest BCUT2D eigenvalue weighted by atomic mass is 31.2. The molecule has 9 heteroatoms. The molecule has 0 aliphatic heterocycles.